The molecule has 2 unspecified atom stereocenters. The van der Waals surface area contributed by atoms with Crippen LogP contribution in [0.4, 0.5) is 10.1 Å². The summed E-state index contributed by atoms with van der Waals surface area (Å²) in [6.07, 6.45) is 0.720. The molecule has 0 saturated carbocycles. The molecular formula is C13H19FN2O. The maximum atomic E-state index is 13.1. The molecule has 1 saturated heterocycles. The molecule has 0 bridgehead atoms. The van der Waals surface area contributed by atoms with Gasteiger partial charge in [-0.15, -0.1) is 0 Å². The van der Waals surface area contributed by atoms with Gasteiger partial charge in [0.05, 0.1) is 6.10 Å². The SMILES string of the molecule is CC(O)C1CCN(Cc2cc(F)ccc2N)C1. The van der Waals surface area contributed by atoms with Gasteiger partial charge in [0.2, 0.25) is 0 Å². The quantitative estimate of drug-likeness (QED) is 0.787. The van der Waals surface area contributed by atoms with E-state index in [2.05, 4.69) is 4.90 Å². The number of aliphatic hydroxyl groups excluding tert-OH is 1. The molecule has 3 N–H and O–H groups in total. The molecule has 17 heavy (non-hydrogen) atoms. The van der Waals surface area contributed by atoms with Crippen molar-refractivity contribution in [2.24, 2.45) is 5.92 Å². The lowest BCUT2D eigenvalue weighted by Gasteiger charge is -2.18. The second kappa shape index (κ2) is 5.02. The summed E-state index contributed by atoms with van der Waals surface area (Å²) in [6, 6.07) is 4.47. The molecule has 1 fully saturated rings. The van der Waals surface area contributed by atoms with E-state index >= 15 is 0 Å². The highest BCUT2D eigenvalue weighted by Gasteiger charge is 2.26. The molecule has 94 valence electrons. The highest BCUT2D eigenvalue weighted by atomic mass is 19.1. The largest absolute Gasteiger partial charge is 0.398 e. The summed E-state index contributed by atoms with van der Waals surface area (Å²) in [7, 11) is 0. The minimum atomic E-state index is -0.273. The molecule has 2 atom stereocenters. The van der Waals surface area contributed by atoms with E-state index in [1.807, 2.05) is 6.92 Å². The summed E-state index contributed by atoms with van der Waals surface area (Å²) < 4.78 is 13.1. The maximum Gasteiger partial charge on any atom is 0.123 e. The van der Waals surface area contributed by atoms with E-state index in [0.29, 0.717) is 18.2 Å². The van der Waals surface area contributed by atoms with Crippen molar-refractivity contribution in [2.45, 2.75) is 26.0 Å². The number of nitrogens with zero attached hydrogens (tertiary/aromatic N) is 1. The van der Waals surface area contributed by atoms with Crippen molar-refractivity contribution < 1.29 is 9.50 Å². The Morgan fingerprint density at radius 2 is 2.35 bits per heavy atom. The second-order valence-electron chi connectivity index (χ2n) is 4.87. The monoisotopic (exact) mass is 238 g/mol. The van der Waals surface area contributed by atoms with Crippen molar-refractivity contribution in [1.82, 2.24) is 4.90 Å². The Hall–Kier alpha value is -1.13. The molecule has 0 aromatic heterocycles. The van der Waals surface area contributed by atoms with Crippen molar-refractivity contribution in [3.05, 3.63) is 29.6 Å². The number of aliphatic hydroxyl groups is 1. The standard InChI is InChI=1S/C13H19FN2O/c1-9(17)10-4-5-16(7-10)8-11-6-12(14)2-3-13(11)15/h2-3,6,9-10,17H,4-5,7-8,15H2,1H3. The Kier molecular flexibility index (Phi) is 3.64. The molecule has 4 heteroatoms. The van der Waals surface area contributed by atoms with Crippen LogP contribution in [0.15, 0.2) is 18.2 Å². The Morgan fingerprint density at radius 3 is 3.00 bits per heavy atom. The lowest BCUT2D eigenvalue weighted by Crippen LogP contribution is -2.24. The second-order valence-corrected chi connectivity index (χ2v) is 4.87. The average molecular weight is 238 g/mol. The lowest BCUT2D eigenvalue weighted by atomic mass is 10.0. The minimum absolute atomic E-state index is 0.250. The molecule has 3 nitrogen and oxygen atoms in total. The van der Waals surface area contributed by atoms with Crippen LogP contribution in [-0.2, 0) is 6.54 Å². The Balaban J connectivity index is 2.00. The first-order chi connectivity index (χ1) is 8.06. The summed E-state index contributed by atoms with van der Waals surface area (Å²) in [5, 5.41) is 9.52. The van der Waals surface area contributed by atoms with Crippen molar-refractivity contribution in [2.75, 3.05) is 18.8 Å². The van der Waals surface area contributed by atoms with Gasteiger partial charge in [-0.05, 0) is 49.6 Å². The van der Waals surface area contributed by atoms with Crippen molar-refractivity contribution >= 4 is 5.69 Å². The zero-order valence-corrected chi connectivity index (χ0v) is 10.1. The lowest BCUT2D eigenvalue weighted by molar-refractivity contribution is 0.127. The van der Waals surface area contributed by atoms with Gasteiger partial charge in [-0.25, -0.2) is 4.39 Å². The van der Waals surface area contributed by atoms with E-state index in [1.165, 1.54) is 12.1 Å². The fraction of sp³-hybridized carbons (Fsp3) is 0.538. The van der Waals surface area contributed by atoms with E-state index in [0.717, 1.165) is 25.1 Å². The molecule has 1 aliphatic rings. The number of nitrogen functional groups attached to an aromatic ring is 1. The molecule has 2 rings (SSSR count). The number of likely N-dealkylation sites (tertiary alicyclic amines) is 1. The van der Waals surface area contributed by atoms with Crippen LogP contribution in [-0.4, -0.2) is 29.2 Å². The summed E-state index contributed by atoms with van der Waals surface area (Å²) in [6.45, 7) is 4.27. The summed E-state index contributed by atoms with van der Waals surface area (Å²) >= 11 is 0. The normalized spacial score (nSPS) is 22.9. The predicted molar refractivity (Wildman–Crippen MR) is 65.9 cm³/mol. The summed E-state index contributed by atoms with van der Waals surface area (Å²) in [5.74, 6) is 0.0743. The zero-order valence-electron chi connectivity index (χ0n) is 10.1. The number of nitrogens with two attached hydrogens (primary N) is 1. The molecule has 0 spiro atoms. The Bertz CT molecular complexity index is 395. The Labute approximate surface area is 101 Å². The highest BCUT2D eigenvalue weighted by molar-refractivity contribution is 5.46. The van der Waals surface area contributed by atoms with E-state index in [1.54, 1.807) is 6.07 Å². The predicted octanol–water partition coefficient (Wildman–Crippen LogP) is 1.61. The fourth-order valence-corrected chi connectivity index (χ4v) is 2.35. The van der Waals surface area contributed by atoms with E-state index in [4.69, 9.17) is 5.73 Å². The van der Waals surface area contributed by atoms with Crippen LogP contribution in [0.5, 0.6) is 0 Å². The number of hydrogen-bond acceptors (Lipinski definition) is 3. The van der Waals surface area contributed by atoms with Crippen molar-refractivity contribution in [1.29, 1.82) is 0 Å². The van der Waals surface area contributed by atoms with Crippen LogP contribution < -0.4 is 5.73 Å². The first-order valence-electron chi connectivity index (χ1n) is 6.00. The fourth-order valence-electron chi connectivity index (χ4n) is 2.35. The van der Waals surface area contributed by atoms with Crippen molar-refractivity contribution in [3.8, 4) is 0 Å². The molecule has 1 heterocycles. The molecule has 0 aliphatic carbocycles. The minimum Gasteiger partial charge on any atom is -0.398 e. The summed E-state index contributed by atoms with van der Waals surface area (Å²) in [4.78, 5) is 2.21. The third kappa shape index (κ3) is 2.96. The van der Waals surface area contributed by atoms with Crippen molar-refractivity contribution in [3.63, 3.8) is 0 Å². The zero-order chi connectivity index (χ0) is 12.4. The first-order valence-corrected chi connectivity index (χ1v) is 6.00. The van der Waals surface area contributed by atoms with E-state index in [-0.39, 0.29) is 11.9 Å². The first kappa shape index (κ1) is 12.3. The van der Waals surface area contributed by atoms with Crippen LogP contribution in [0.2, 0.25) is 0 Å². The molecule has 1 aromatic carbocycles. The third-order valence-electron chi connectivity index (χ3n) is 3.49. The van der Waals surface area contributed by atoms with E-state index in [9.17, 15) is 9.50 Å². The maximum absolute atomic E-state index is 13.1. The number of benzene rings is 1. The van der Waals surface area contributed by atoms with Gasteiger partial charge < -0.3 is 10.8 Å². The van der Waals surface area contributed by atoms with Gasteiger partial charge in [0.1, 0.15) is 5.82 Å². The van der Waals surface area contributed by atoms with Gasteiger partial charge in [-0.2, -0.15) is 0 Å². The highest BCUT2D eigenvalue weighted by Crippen LogP contribution is 2.23. The van der Waals surface area contributed by atoms with Crippen LogP contribution in [0.1, 0.15) is 18.9 Å². The number of anilines is 1. The van der Waals surface area contributed by atoms with Crippen LogP contribution in [0.3, 0.4) is 0 Å². The van der Waals surface area contributed by atoms with Gasteiger partial charge in [0.25, 0.3) is 0 Å². The molecule has 1 aliphatic heterocycles. The van der Waals surface area contributed by atoms with Crippen LogP contribution in [0, 0.1) is 11.7 Å². The number of halogens is 1. The smallest absolute Gasteiger partial charge is 0.123 e. The number of rotatable bonds is 3. The number of hydrogen-bond donors (Lipinski definition) is 2. The molecule has 0 radical (unpaired) electrons. The molecular weight excluding hydrogens is 219 g/mol. The van der Waals surface area contributed by atoms with Crippen LogP contribution >= 0.6 is 0 Å². The van der Waals surface area contributed by atoms with E-state index < -0.39 is 0 Å². The molecule has 1 aromatic rings. The Morgan fingerprint density at radius 1 is 1.59 bits per heavy atom. The topological polar surface area (TPSA) is 49.5 Å². The third-order valence-corrected chi connectivity index (χ3v) is 3.49. The van der Waals surface area contributed by atoms with Gasteiger partial charge in [0, 0.05) is 18.8 Å². The van der Waals surface area contributed by atoms with Gasteiger partial charge >= 0.3 is 0 Å². The average Bonchev–Trinajstić information content (AvgIpc) is 2.72. The van der Waals surface area contributed by atoms with Gasteiger partial charge in [0.15, 0.2) is 0 Å². The molecule has 0 amide bonds. The van der Waals surface area contributed by atoms with Gasteiger partial charge in [-0.1, -0.05) is 0 Å². The van der Waals surface area contributed by atoms with Gasteiger partial charge in [-0.3, -0.25) is 4.90 Å². The summed E-state index contributed by atoms with van der Waals surface area (Å²) in [5.41, 5.74) is 7.28. The van der Waals surface area contributed by atoms with Crippen LogP contribution in [0.25, 0.3) is 0 Å².